The van der Waals surface area contributed by atoms with E-state index < -0.39 is 0 Å². The van der Waals surface area contributed by atoms with E-state index in [4.69, 9.17) is 4.98 Å². The van der Waals surface area contributed by atoms with Gasteiger partial charge in [-0.25, -0.2) is 4.98 Å². The highest BCUT2D eigenvalue weighted by Gasteiger charge is 2.20. The number of aliphatic imine (C=N–C) groups is 1. The first-order valence-corrected chi connectivity index (χ1v) is 11.1. The summed E-state index contributed by atoms with van der Waals surface area (Å²) in [5.41, 5.74) is 1.24. The summed E-state index contributed by atoms with van der Waals surface area (Å²) >= 11 is 3.64. The number of anilines is 1. The average molecular weight is 392 g/mol. The van der Waals surface area contributed by atoms with Crippen molar-refractivity contribution in [2.24, 2.45) is 4.99 Å². The number of nitrogens with zero attached hydrogens (tertiary/aromatic N) is 3. The van der Waals surface area contributed by atoms with Gasteiger partial charge < -0.3 is 15.5 Å². The number of nitrogens with one attached hydrogen (secondary N) is 2. The van der Waals surface area contributed by atoms with Gasteiger partial charge in [-0.15, -0.1) is 22.7 Å². The van der Waals surface area contributed by atoms with Gasteiger partial charge >= 0.3 is 0 Å². The highest BCUT2D eigenvalue weighted by atomic mass is 32.1. The smallest absolute Gasteiger partial charge is 0.191 e. The van der Waals surface area contributed by atoms with E-state index in [1.807, 2.05) is 29.7 Å². The summed E-state index contributed by atoms with van der Waals surface area (Å²) in [6.45, 7) is 7.40. The third-order valence-electron chi connectivity index (χ3n) is 4.78. The van der Waals surface area contributed by atoms with E-state index in [1.165, 1.54) is 20.6 Å². The predicted molar refractivity (Wildman–Crippen MR) is 114 cm³/mol. The van der Waals surface area contributed by atoms with Gasteiger partial charge in [0.15, 0.2) is 5.96 Å². The molecule has 0 aromatic carbocycles. The molecule has 26 heavy (non-hydrogen) atoms. The predicted octanol–water partition coefficient (Wildman–Crippen LogP) is 3.45. The fraction of sp³-hybridized carbons (Fsp3) is 0.579. The Morgan fingerprint density at radius 3 is 2.81 bits per heavy atom. The number of piperidine rings is 1. The molecule has 0 aliphatic carbocycles. The molecule has 2 N–H and O–H groups in total. The second-order valence-electron chi connectivity index (χ2n) is 6.57. The first-order valence-electron chi connectivity index (χ1n) is 9.40. The second-order valence-corrected chi connectivity index (χ2v) is 8.78. The zero-order valence-electron chi connectivity index (χ0n) is 15.9. The van der Waals surface area contributed by atoms with E-state index in [2.05, 4.69) is 51.9 Å². The fourth-order valence-corrected chi connectivity index (χ4v) is 5.10. The molecule has 0 atom stereocenters. The molecule has 0 amide bonds. The molecule has 5 nitrogen and oxygen atoms in total. The van der Waals surface area contributed by atoms with Crippen molar-refractivity contribution in [3.8, 4) is 0 Å². The number of guanidine groups is 1. The Bertz CT molecular complexity index is 700. The molecule has 1 saturated heterocycles. The number of hydrogen-bond donors (Lipinski definition) is 2. The molecular formula is C19H29N5S2. The van der Waals surface area contributed by atoms with Gasteiger partial charge in [0.1, 0.15) is 0 Å². The molecule has 3 rings (SSSR count). The maximum Gasteiger partial charge on any atom is 0.191 e. The van der Waals surface area contributed by atoms with Crippen molar-refractivity contribution in [2.75, 3.05) is 31.6 Å². The first kappa shape index (κ1) is 19.2. The second kappa shape index (κ2) is 9.37. The Kier molecular flexibility index (Phi) is 6.91. The van der Waals surface area contributed by atoms with Crippen LogP contribution < -0.4 is 15.5 Å². The van der Waals surface area contributed by atoms with Crippen LogP contribution in [0.1, 0.15) is 35.3 Å². The number of thiophene rings is 1. The molecular weight excluding hydrogens is 362 g/mol. The molecule has 0 unspecified atom stereocenters. The molecule has 142 valence electrons. The number of aromatic nitrogens is 1. The van der Waals surface area contributed by atoms with Crippen molar-refractivity contribution < 1.29 is 0 Å². The Balaban J connectivity index is 1.41. The lowest BCUT2D eigenvalue weighted by molar-refractivity contribution is 0.463. The molecule has 1 fully saturated rings. The van der Waals surface area contributed by atoms with Crippen molar-refractivity contribution in [1.29, 1.82) is 0 Å². The van der Waals surface area contributed by atoms with E-state index in [0.29, 0.717) is 6.04 Å². The van der Waals surface area contributed by atoms with Crippen LogP contribution in [-0.2, 0) is 12.8 Å². The van der Waals surface area contributed by atoms with Crippen LogP contribution in [0.15, 0.2) is 22.5 Å². The molecule has 1 aliphatic rings. The maximum atomic E-state index is 4.71. The van der Waals surface area contributed by atoms with Gasteiger partial charge in [-0.1, -0.05) is 6.92 Å². The highest BCUT2D eigenvalue weighted by molar-refractivity contribution is 7.14. The van der Waals surface area contributed by atoms with Gasteiger partial charge in [-0.05, 0) is 43.7 Å². The van der Waals surface area contributed by atoms with E-state index >= 15 is 0 Å². The van der Waals surface area contributed by atoms with E-state index in [9.17, 15) is 0 Å². The molecule has 0 radical (unpaired) electrons. The fourth-order valence-electron chi connectivity index (χ4n) is 3.29. The average Bonchev–Trinajstić information content (AvgIpc) is 3.31. The molecule has 2 aromatic heterocycles. The molecule has 1 aliphatic heterocycles. The normalized spacial score (nSPS) is 16.1. The molecule has 2 aromatic rings. The van der Waals surface area contributed by atoms with Crippen molar-refractivity contribution in [3.05, 3.63) is 33.1 Å². The van der Waals surface area contributed by atoms with Crippen molar-refractivity contribution in [3.63, 3.8) is 0 Å². The van der Waals surface area contributed by atoms with Crippen LogP contribution in [0.4, 0.5) is 5.00 Å². The van der Waals surface area contributed by atoms with Crippen LogP contribution in [-0.4, -0.2) is 43.7 Å². The first-order chi connectivity index (χ1) is 12.7. The maximum absolute atomic E-state index is 4.71. The summed E-state index contributed by atoms with van der Waals surface area (Å²) in [7, 11) is 1.85. The monoisotopic (exact) mass is 391 g/mol. The Morgan fingerprint density at radius 2 is 2.19 bits per heavy atom. The zero-order valence-corrected chi connectivity index (χ0v) is 17.6. The van der Waals surface area contributed by atoms with Crippen LogP contribution in [0.3, 0.4) is 0 Å². The van der Waals surface area contributed by atoms with Gasteiger partial charge in [-0.2, -0.15) is 0 Å². The third-order valence-corrected chi connectivity index (χ3v) is 6.78. The Hall–Kier alpha value is -1.60. The van der Waals surface area contributed by atoms with Gasteiger partial charge in [0.25, 0.3) is 0 Å². The molecule has 0 spiro atoms. The van der Waals surface area contributed by atoms with Gasteiger partial charge in [-0.3, -0.25) is 4.99 Å². The minimum absolute atomic E-state index is 0.492. The molecule has 0 saturated carbocycles. The lowest BCUT2D eigenvalue weighted by Gasteiger charge is -2.33. The minimum atomic E-state index is 0.492. The molecule has 3 heterocycles. The van der Waals surface area contributed by atoms with E-state index in [-0.39, 0.29) is 0 Å². The summed E-state index contributed by atoms with van der Waals surface area (Å²) < 4.78 is 0. The zero-order chi connectivity index (χ0) is 18.4. The van der Waals surface area contributed by atoms with Crippen molar-refractivity contribution in [2.45, 2.75) is 45.6 Å². The number of aryl methyl sites for hydroxylation is 2. The summed E-state index contributed by atoms with van der Waals surface area (Å²) in [5, 5.41) is 11.8. The van der Waals surface area contributed by atoms with Gasteiger partial charge in [0, 0.05) is 44.0 Å². The number of hydrogen-bond acceptors (Lipinski definition) is 5. The van der Waals surface area contributed by atoms with E-state index in [1.54, 1.807) is 0 Å². The molecule has 7 heteroatoms. The van der Waals surface area contributed by atoms with Crippen molar-refractivity contribution in [1.82, 2.24) is 15.6 Å². The lowest BCUT2D eigenvalue weighted by atomic mass is 10.1. The number of thiazole rings is 1. The topological polar surface area (TPSA) is 52.6 Å². The summed E-state index contributed by atoms with van der Waals surface area (Å²) in [6, 6.07) is 4.83. The highest BCUT2D eigenvalue weighted by Crippen LogP contribution is 2.24. The third kappa shape index (κ3) is 4.98. The van der Waals surface area contributed by atoms with Crippen molar-refractivity contribution >= 4 is 33.6 Å². The quantitative estimate of drug-likeness (QED) is 0.585. The largest absolute Gasteiger partial charge is 0.363 e. The lowest BCUT2D eigenvalue weighted by Crippen LogP contribution is -2.49. The standard InChI is InChI=1S/C19H29N5S2/c1-4-16-14(2)26-17(23-16)7-10-21-19(20-3)22-15-8-11-24(12-9-15)18-6-5-13-25-18/h5-6,13,15H,4,7-12H2,1-3H3,(H2,20,21,22). The Morgan fingerprint density at radius 1 is 1.38 bits per heavy atom. The number of rotatable bonds is 6. The minimum Gasteiger partial charge on any atom is -0.363 e. The summed E-state index contributed by atoms with van der Waals surface area (Å²) in [5.74, 6) is 0.906. The Labute approximate surface area is 164 Å². The van der Waals surface area contributed by atoms with Crippen LogP contribution in [0, 0.1) is 6.92 Å². The summed E-state index contributed by atoms with van der Waals surface area (Å²) in [6.07, 6.45) is 4.25. The molecule has 0 bridgehead atoms. The summed E-state index contributed by atoms with van der Waals surface area (Å²) in [4.78, 5) is 12.9. The SMILES string of the molecule is CCc1nc(CCNC(=NC)NC2CCN(c3cccs3)CC2)sc1C. The van der Waals surface area contributed by atoms with Crippen LogP contribution in [0.25, 0.3) is 0 Å². The van der Waals surface area contributed by atoms with E-state index in [0.717, 1.165) is 51.3 Å². The van der Waals surface area contributed by atoms with Gasteiger partial charge in [0.2, 0.25) is 0 Å². The van der Waals surface area contributed by atoms with Crippen LogP contribution in [0.2, 0.25) is 0 Å². The van der Waals surface area contributed by atoms with Gasteiger partial charge in [0.05, 0.1) is 15.7 Å². The van der Waals surface area contributed by atoms with Crippen LogP contribution in [0.5, 0.6) is 0 Å². The van der Waals surface area contributed by atoms with Crippen LogP contribution >= 0.6 is 22.7 Å².